The van der Waals surface area contributed by atoms with Crippen LogP contribution in [0.1, 0.15) is 11.3 Å². The molecule has 0 aliphatic heterocycles. The number of hydrogen-bond acceptors (Lipinski definition) is 3. The van der Waals surface area contributed by atoms with Crippen molar-refractivity contribution in [1.29, 1.82) is 0 Å². The Morgan fingerprint density at radius 1 is 1.47 bits per heavy atom. The lowest BCUT2D eigenvalue weighted by molar-refractivity contribution is 0.370. The van der Waals surface area contributed by atoms with Crippen molar-refractivity contribution < 1.29 is 9.13 Å². The van der Waals surface area contributed by atoms with Gasteiger partial charge in [0.05, 0.1) is 22.8 Å². The van der Waals surface area contributed by atoms with E-state index >= 15 is 0 Å². The maximum absolute atomic E-state index is 13.4. The van der Waals surface area contributed by atoms with Crippen molar-refractivity contribution in [2.45, 2.75) is 13.5 Å². The zero-order valence-electron chi connectivity index (χ0n) is 11.0. The van der Waals surface area contributed by atoms with E-state index in [1.165, 1.54) is 6.07 Å². The lowest BCUT2D eigenvalue weighted by Gasteiger charge is -2.08. The smallest absolute Gasteiger partial charge is 0.216 e. The van der Waals surface area contributed by atoms with E-state index in [1.807, 2.05) is 20.0 Å². The molecule has 19 heavy (non-hydrogen) atoms. The van der Waals surface area contributed by atoms with Gasteiger partial charge in [0.15, 0.2) is 0 Å². The molecule has 1 aromatic carbocycles. The molecule has 0 atom stereocenters. The molecule has 0 aliphatic rings. The molecule has 4 nitrogen and oxygen atoms in total. The second-order valence-corrected chi connectivity index (χ2v) is 5.03. The first kappa shape index (κ1) is 13.9. The summed E-state index contributed by atoms with van der Waals surface area (Å²) in [4.78, 5) is 0. The Kier molecular flexibility index (Phi) is 4.09. The minimum Gasteiger partial charge on any atom is -0.481 e. The van der Waals surface area contributed by atoms with Crippen LogP contribution in [0.5, 0.6) is 5.88 Å². The summed E-state index contributed by atoms with van der Waals surface area (Å²) in [5.41, 5.74) is 2.57. The molecule has 0 spiro atoms. The fourth-order valence-corrected chi connectivity index (χ4v) is 2.18. The zero-order valence-corrected chi connectivity index (χ0v) is 12.6. The molecule has 0 saturated heterocycles. The van der Waals surface area contributed by atoms with Crippen LogP contribution in [-0.4, -0.2) is 16.9 Å². The Hall–Kier alpha value is -1.56. The molecule has 1 N–H and O–H groups in total. The van der Waals surface area contributed by atoms with Gasteiger partial charge in [-0.3, -0.25) is 0 Å². The fraction of sp³-hybridized carbons (Fsp3) is 0.308. The largest absolute Gasteiger partial charge is 0.481 e. The van der Waals surface area contributed by atoms with Crippen molar-refractivity contribution in [2.75, 3.05) is 12.4 Å². The monoisotopic (exact) mass is 327 g/mol. The molecule has 2 rings (SSSR count). The zero-order chi connectivity index (χ0) is 14.0. The number of nitrogens with one attached hydrogen (secondary N) is 1. The van der Waals surface area contributed by atoms with Crippen molar-refractivity contribution in [3.63, 3.8) is 0 Å². The first-order valence-electron chi connectivity index (χ1n) is 5.78. The van der Waals surface area contributed by atoms with Crippen LogP contribution in [-0.2, 0) is 13.6 Å². The third-order valence-corrected chi connectivity index (χ3v) is 3.51. The normalized spacial score (nSPS) is 10.6. The number of hydrogen-bond donors (Lipinski definition) is 1. The summed E-state index contributed by atoms with van der Waals surface area (Å²) in [6.07, 6.45) is 0. The Bertz CT molecular complexity index is 598. The Morgan fingerprint density at radius 3 is 2.84 bits per heavy atom. The van der Waals surface area contributed by atoms with E-state index < -0.39 is 0 Å². The minimum absolute atomic E-state index is 0.292. The SMILES string of the molecule is COc1c(CNc2ccc(Br)c(F)c2)c(C)nn1C. The molecule has 1 heterocycles. The number of anilines is 1. The predicted octanol–water partition coefficient (Wildman–Crippen LogP) is 3.25. The van der Waals surface area contributed by atoms with Gasteiger partial charge in [-0.05, 0) is 41.1 Å². The number of aryl methyl sites for hydroxylation is 2. The van der Waals surface area contributed by atoms with Crippen molar-refractivity contribution in [3.8, 4) is 5.88 Å². The van der Waals surface area contributed by atoms with Gasteiger partial charge in [0.2, 0.25) is 5.88 Å². The molecule has 0 amide bonds. The first-order chi connectivity index (χ1) is 9.02. The number of methoxy groups -OCH3 is 1. The summed E-state index contributed by atoms with van der Waals surface area (Å²) in [7, 11) is 3.44. The van der Waals surface area contributed by atoms with Crippen LogP contribution >= 0.6 is 15.9 Å². The number of rotatable bonds is 4. The van der Waals surface area contributed by atoms with E-state index in [0.717, 1.165) is 11.3 Å². The Labute approximate surface area is 119 Å². The lowest BCUT2D eigenvalue weighted by atomic mass is 10.2. The highest BCUT2D eigenvalue weighted by Gasteiger charge is 2.13. The number of benzene rings is 1. The summed E-state index contributed by atoms with van der Waals surface area (Å²) >= 11 is 3.13. The van der Waals surface area contributed by atoms with Gasteiger partial charge in [0.25, 0.3) is 0 Å². The topological polar surface area (TPSA) is 39.1 Å². The molecule has 0 fully saturated rings. The van der Waals surface area contributed by atoms with Crippen LogP contribution in [0.25, 0.3) is 0 Å². The van der Waals surface area contributed by atoms with Gasteiger partial charge < -0.3 is 10.1 Å². The molecule has 0 bridgehead atoms. The average molecular weight is 328 g/mol. The highest BCUT2D eigenvalue weighted by atomic mass is 79.9. The molecule has 0 radical (unpaired) electrons. The van der Waals surface area contributed by atoms with E-state index in [-0.39, 0.29) is 5.82 Å². The third kappa shape index (κ3) is 2.89. The van der Waals surface area contributed by atoms with Crippen LogP contribution in [0.3, 0.4) is 0 Å². The Morgan fingerprint density at radius 2 is 2.21 bits per heavy atom. The fourth-order valence-electron chi connectivity index (χ4n) is 1.94. The maximum Gasteiger partial charge on any atom is 0.216 e. The van der Waals surface area contributed by atoms with Crippen molar-refractivity contribution >= 4 is 21.6 Å². The summed E-state index contributed by atoms with van der Waals surface area (Å²) in [6, 6.07) is 4.93. The lowest BCUT2D eigenvalue weighted by Crippen LogP contribution is -2.03. The van der Waals surface area contributed by atoms with Gasteiger partial charge in [0.1, 0.15) is 5.82 Å². The first-order valence-corrected chi connectivity index (χ1v) is 6.57. The summed E-state index contributed by atoms with van der Waals surface area (Å²) in [5, 5.41) is 7.46. The summed E-state index contributed by atoms with van der Waals surface area (Å²) in [6.45, 7) is 2.45. The highest BCUT2D eigenvalue weighted by molar-refractivity contribution is 9.10. The van der Waals surface area contributed by atoms with E-state index in [2.05, 4.69) is 26.3 Å². The van der Waals surface area contributed by atoms with Crippen LogP contribution in [0.15, 0.2) is 22.7 Å². The average Bonchev–Trinajstić information content (AvgIpc) is 2.64. The number of nitrogens with zero attached hydrogens (tertiary/aromatic N) is 2. The number of halogens is 2. The van der Waals surface area contributed by atoms with Crippen LogP contribution in [0.4, 0.5) is 10.1 Å². The van der Waals surface area contributed by atoms with Gasteiger partial charge in [-0.2, -0.15) is 5.10 Å². The second-order valence-electron chi connectivity index (χ2n) is 4.18. The molecule has 2 aromatic rings. The molecule has 0 unspecified atom stereocenters. The number of aromatic nitrogens is 2. The van der Waals surface area contributed by atoms with E-state index in [1.54, 1.807) is 17.9 Å². The van der Waals surface area contributed by atoms with Crippen molar-refractivity contribution in [1.82, 2.24) is 9.78 Å². The van der Waals surface area contributed by atoms with E-state index in [0.29, 0.717) is 22.6 Å². The molecular formula is C13H15BrFN3O. The molecule has 0 saturated carbocycles. The van der Waals surface area contributed by atoms with Crippen molar-refractivity contribution in [2.24, 2.45) is 7.05 Å². The van der Waals surface area contributed by atoms with Gasteiger partial charge in [-0.1, -0.05) is 0 Å². The van der Waals surface area contributed by atoms with Crippen LogP contribution in [0, 0.1) is 12.7 Å². The Balaban J connectivity index is 2.16. The minimum atomic E-state index is -0.292. The van der Waals surface area contributed by atoms with E-state index in [4.69, 9.17) is 4.74 Å². The quantitative estimate of drug-likeness (QED) is 0.936. The molecule has 1 aromatic heterocycles. The standard InChI is InChI=1S/C13H15BrFN3O/c1-8-10(13(19-3)18(2)17-8)7-16-9-4-5-11(14)12(15)6-9/h4-6,16H,7H2,1-3H3. The molecule has 0 aliphatic carbocycles. The van der Waals surface area contributed by atoms with Gasteiger partial charge in [-0.15, -0.1) is 0 Å². The predicted molar refractivity (Wildman–Crippen MR) is 75.9 cm³/mol. The van der Waals surface area contributed by atoms with Gasteiger partial charge in [-0.25, -0.2) is 9.07 Å². The molecular weight excluding hydrogens is 313 g/mol. The molecule has 6 heteroatoms. The van der Waals surface area contributed by atoms with Gasteiger partial charge in [0, 0.05) is 19.3 Å². The third-order valence-electron chi connectivity index (χ3n) is 2.87. The van der Waals surface area contributed by atoms with Crippen LogP contribution in [0.2, 0.25) is 0 Å². The number of ether oxygens (including phenoxy) is 1. The van der Waals surface area contributed by atoms with Crippen LogP contribution < -0.4 is 10.1 Å². The van der Waals surface area contributed by atoms with E-state index in [9.17, 15) is 4.39 Å². The van der Waals surface area contributed by atoms with Gasteiger partial charge >= 0.3 is 0 Å². The maximum atomic E-state index is 13.4. The second kappa shape index (κ2) is 5.61. The summed E-state index contributed by atoms with van der Waals surface area (Å²) < 4.78 is 20.9. The van der Waals surface area contributed by atoms with Crippen molar-refractivity contribution in [3.05, 3.63) is 39.7 Å². The molecule has 102 valence electrons. The summed E-state index contributed by atoms with van der Waals surface area (Å²) in [5.74, 6) is 0.419. The highest BCUT2D eigenvalue weighted by Crippen LogP contribution is 2.24.